The fourth-order valence-electron chi connectivity index (χ4n) is 1.03. The van der Waals surface area contributed by atoms with Crippen LogP contribution < -0.4 is 0 Å². The Morgan fingerprint density at radius 1 is 1.53 bits per heavy atom. The Labute approximate surface area is 83.7 Å². The number of nitrogens with zero attached hydrogens (tertiary/aromatic N) is 3. The molecule has 7 heteroatoms. The van der Waals surface area contributed by atoms with Crippen molar-refractivity contribution in [2.75, 3.05) is 0 Å². The van der Waals surface area contributed by atoms with Crippen molar-refractivity contribution in [3.8, 4) is 11.5 Å². The van der Waals surface area contributed by atoms with Gasteiger partial charge in [0, 0.05) is 6.92 Å². The highest BCUT2D eigenvalue weighted by molar-refractivity contribution is 5.68. The number of aliphatic carboxylic acids is 1. The van der Waals surface area contributed by atoms with Crippen molar-refractivity contribution >= 4 is 5.97 Å². The van der Waals surface area contributed by atoms with Crippen molar-refractivity contribution in [3.05, 3.63) is 18.0 Å². The predicted molar refractivity (Wildman–Crippen MR) is 45.9 cm³/mol. The van der Waals surface area contributed by atoms with Crippen LogP contribution in [0.1, 0.15) is 11.8 Å². The summed E-state index contributed by atoms with van der Waals surface area (Å²) in [5.41, 5.74) is 0.424. The van der Waals surface area contributed by atoms with Gasteiger partial charge in [0.2, 0.25) is 11.7 Å². The van der Waals surface area contributed by atoms with E-state index in [1.54, 1.807) is 6.92 Å². The summed E-state index contributed by atoms with van der Waals surface area (Å²) >= 11 is 0. The average Bonchev–Trinajstić information content (AvgIpc) is 2.72. The Morgan fingerprint density at radius 2 is 2.33 bits per heavy atom. The van der Waals surface area contributed by atoms with E-state index in [1.165, 1.54) is 6.26 Å². The smallest absolute Gasteiger partial charge is 0.312 e. The van der Waals surface area contributed by atoms with Crippen LogP contribution in [0.2, 0.25) is 0 Å². The van der Waals surface area contributed by atoms with E-state index in [1.807, 2.05) is 0 Å². The molecule has 0 saturated heterocycles. The highest BCUT2D eigenvalue weighted by atomic mass is 16.5. The maximum absolute atomic E-state index is 10.4. The molecule has 0 saturated carbocycles. The third-order valence-electron chi connectivity index (χ3n) is 1.62. The lowest BCUT2D eigenvalue weighted by molar-refractivity contribution is -0.136. The number of hydrogen-bond acceptors (Lipinski definition) is 6. The minimum Gasteiger partial charge on any atom is -0.481 e. The van der Waals surface area contributed by atoms with Crippen molar-refractivity contribution in [1.82, 2.24) is 15.1 Å². The number of carboxylic acids is 1. The molecular formula is C8H7N3O4. The Balaban J connectivity index is 2.23. The van der Waals surface area contributed by atoms with Crippen molar-refractivity contribution in [1.29, 1.82) is 0 Å². The first-order valence-corrected chi connectivity index (χ1v) is 4.12. The van der Waals surface area contributed by atoms with Crippen molar-refractivity contribution in [2.45, 2.75) is 13.3 Å². The summed E-state index contributed by atoms with van der Waals surface area (Å²) in [5.74, 6) is -0.280. The Morgan fingerprint density at radius 3 is 2.93 bits per heavy atom. The quantitative estimate of drug-likeness (QED) is 0.791. The van der Waals surface area contributed by atoms with Crippen molar-refractivity contribution in [3.63, 3.8) is 0 Å². The number of aromatic nitrogens is 3. The molecule has 15 heavy (non-hydrogen) atoms. The highest BCUT2D eigenvalue weighted by Crippen LogP contribution is 2.14. The molecule has 2 aromatic heterocycles. The van der Waals surface area contributed by atoms with Gasteiger partial charge in [-0.15, -0.1) is 0 Å². The predicted octanol–water partition coefficient (Wildman–Crippen LogP) is 0.660. The summed E-state index contributed by atoms with van der Waals surface area (Å²) in [6, 6.07) is 0. The molecule has 0 bridgehead atoms. The first-order valence-electron chi connectivity index (χ1n) is 4.12. The lowest BCUT2D eigenvalue weighted by Crippen LogP contribution is -1.99. The molecule has 0 atom stereocenters. The third kappa shape index (κ3) is 2.01. The van der Waals surface area contributed by atoms with E-state index < -0.39 is 5.97 Å². The molecule has 0 aliphatic rings. The SMILES string of the molecule is Cc1nc(-c2noc(CC(=O)O)n2)co1. The van der Waals surface area contributed by atoms with Crippen LogP contribution in [0.3, 0.4) is 0 Å². The molecule has 0 aromatic carbocycles. The molecule has 0 amide bonds. The van der Waals surface area contributed by atoms with E-state index in [0.29, 0.717) is 11.6 Å². The second-order valence-electron chi connectivity index (χ2n) is 2.83. The fraction of sp³-hybridized carbons (Fsp3) is 0.250. The zero-order chi connectivity index (χ0) is 10.8. The topological polar surface area (TPSA) is 102 Å². The first-order chi connectivity index (χ1) is 7.15. The van der Waals surface area contributed by atoms with E-state index in [2.05, 4.69) is 15.1 Å². The number of rotatable bonds is 3. The van der Waals surface area contributed by atoms with Gasteiger partial charge in [-0.3, -0.25) is 4.79 Å². The van der Waals surface area contributed by atoms with Crippen molar-refractivity contribution in [2.24, 2.45) is 0 Å². The molecular weight excluding hydrogens is 202 g/mol. The molecule has 1 N–H and O–H groups in total. The molecule has 0 unspecified atom stereocenters. The van der Waals surface area contributed by atoms with Crippen LogP contribution in [0, 0.1) is 6.92 Å². The van der Waals surface area contributed by atoms with Crippen LogP contribution >= 0.6 is 0 Å². The zero-order valence-corrected chi connectivity index (χ0v) is 7.80. The van der Waals surface area contributed by atoms with Gasteiger partial charge >= 0.3 is 5.97 Å². The summed E-state index contributed by atoms with van der Waals surface area (Å²) in [6.07, 6.45) is 1.08. The third-order valence-corrected chi connectivity index (χ3v) is 1.62. The van der Waals surface area contributed by atoms with Gasteiger partial charge in [-0.1, -0.05) is 5.16 Å². The molecule has 7 nitrogen and oxygen atoms in total. The molecule has 2 aromatic rings. The number of hydrogen-bond donors (Lipinski definition) is 1. The second-order valence-corrected chi connectivity index (χ2v) is 2.83. The molecule has 2 rings (SSSR count). The largest absolute Gasteiger partial charge is 0.481 e. The standard InChI is InChI=1S/C8H7N3O4/c1-4-9-5(3-14-4)8-10-6(15-11-8)2-7(12)13/h3H,2H2,1H3,(H,12,13). The van der Waals surface area contributed by atoms with E-state index in [0.717, 1.165) is 0 Å². The zero-order valence-electron chi connectivity index (χ0n) is 7.80. The van der Waals surface area contributed by atoms with E-state index in [9.17, 15) is 4.79 Å². The Kier molecular flexibility index (Phi) is 2.20. The van der Waals surface area contributed by atoms with Gasteiger partial charge in [0.1, 0.15) is 18.4 Å². The summed E-state index contributed by atoms with van der Waals surface area (Å²) in [5, 5.41) is 12.1. The normalized spacial score (nSPS) is 10.5. The lowest BCUT2D eigenvalue weighted by atomic mass is 10.4. The summed E-state index contributed by atoms with van der Waals surface area (Å²) in [6.45, 7) is 1.68. The Bertz CT molecular complexity index is 488. The van der Waals surface area contributed by atoms with Crippen LogP contribution in [0.4, 0.5) is 0 Å². The van der Waals surface area contributed by atoms with Gasteiger partial charge in [0.15, 0.2) is 5.89 Å². The van der Waals surface area contributed by atoms with Gasteiger partial charge in [0.05, 0.1) is 0 Å². The van der Waals surface area contributed by atoms with Gasteiger partial charge in [-0.2, -0.15) is 4.98 Å². The number of oxazole rings is 1. The maximum atomic E-state index is 10.4. The van der Waals surface area contributed by atoms with Gasteiger partial charge < -0.3 is 14.0 Å². The van der Waals surface area contributed by atoms with Crippen LogP contribution in [0.25, 0.3) is 11.5 Å². The van der Waals surface area contributed by atoms with E-state index in [-0.39, 0.29) is 18.1 Å². The molecule has 0 radical (unpaired) electrons. The van der Waals surface area contributed by atoms with Crippen LogP contribution in [-0.4, -0.2) is 26.2 Å². The number of carbonyl (C=O) groups is 1. The van der Waals surface area contributed by atoms with Crippen LogP contribution in [0.5, 0.6) is 0 Å². The van der Waals surface area contributed by atoms with E-state index in [4.69, 9.17) is 14.0 Å². The number of carboxylic acid groups (broad SMARTS) is 1. The van der Waals surface area contributed by atoms with Crippen LogP contribution in [-0.2, 0) is 11.2 Å². The number of aryl methyl sites for hydroxylation is 1. The molecule has 0 fully saturated rings. The first kappa shape index (κ1) is 9.38. The molecule has 0 spiro atoms. The minimum atomic E-state index is -1.03. The summed E-state index contributed by atoms with van der Waals surface area (Å²) in [7, 11) is 0. The van der Waals surface area contributed by atoms with Crippen LogP contribution in [0.15, 0.2) is 15.2 Å². The summed E-state index contributed by atoms with van der Waals surface area (Å²) < 4.78 is 9.68. The maximum Gasteiger partial charge on any atom is 0.312 e. The van der Waals surface area contributed by atoms with Crippen molar-refractivity contribution < 1.29 is 18.8 Å². The Hall–Kier alpha value is -2.18. The second kappa shape index (κ2) is 3.52. The minimum absolute atomic E-state index is 0.0400. The van der Waals surface area contributed by atoms with Gasteiger partial charge in [-0.25, -0.2) is 4.98 Å². The highest BCUT2D eigenvalue weighted by Gasteiger charge is 2.13. The van der Waals surface area contributed by atoms with Gasteiger partial charge in [-0.05, 0) is 0 Å². The molecule has 78 valence electrons. The molecule has 2 heterocycles. The molecule has 0 aliphatic carbocycles. The summed E-state index contributed by atoms with van der Waals surface area (Å²) in [4.78, 5) is 18.2. The fourth-order valence-corrected chi connectivity index (χ4v) is 1.03. The van der Waals surface area contributed by atoms with E-state index >= 15 is 0 Å². The lowest BCUT2D eigenvalue weighted by Gasteiger charge is -1.83. The van der Waals surface area contributed by atoms with Gasteiger partial charge in [0.25, 0.3) is 0 Å². The monoisotopic (exact) mass is 209 g/mol. The molecule has 0 aliphatic heterocycles. The average molecular weight is 209 g/mol.